The second kappa shape index (κ2) is 6.12. The van der Waals surface area contributed by atoms with Crippen molar-refractivity contribution in [3.8, 4) is 0 Å². The number of aryl methyl sites for hydroxylation is 1. The van der Waals surface area contributed by atoms with Crippen LogP contribution in [-0.2, 0) is 11.2 Å². The molecule has 1 aromatic heterocycles. The zero-order valence-electron chi connectivity index (χ0n) is 10.6. The standard InChI is InChI=1S/C12H21N3O2/c1-9(13-2)3-4-11-14-12(15-17-11)10-5-7-16-8-6-10/h9-10,13H,3-8H2,1-2H3. The summed E-state index contributed by atoms with van der Waals surface area (Å²) in [5.41, 5.74) is 0. The summed E-state index contributed by atoms with van der Waals surface area (Å²) in [4.78, 5) is 4.48. The SMILES string of the molecule is CNC(C)CCc1nc(C2CCOCC2)no1. The molecule has 1 atom stereocenters. The van der Waals surface area contributed by atoms with Crippen molar-refractivity contribution in [2.75, 3.05) is 20.3 Å². The van der Waals surface area contributed by atoms with Crippen molar-refractivity contribution < 1.29 is 9.26 Å². The summed E-state index contributed by atoms with van der Waals surface area (Å²) in [6, 6.07) is 0.480. The summed E-state index contributed by atoms with van der Waals surface area (Å²) in [6.07, 6.45) is 3.88. The van der Waals surface area contributed by atoms with Crippen LogP contribution in [0.1, 0.15) is 43.8 Å². The summed E-state index contributed by atoms with van der Waals surface area (Å²) in [5, 5.41) is 7.28. The number of ether oxygens (including phenoxy) is 1. The summed E-state index contributed by atoms with van der Waals surface area (Å²) in [5.74, 6) is 2.04. The normalized spacial score (nSPS) is 19.4. The Morgan fingerprint density at radius 3 is 2.88 bits per heavy atom. The lowest BCUT2D eigenvalue weighted by Gasteiger charge is -2.18. The van der Waals surface area contributed by atoms with Gasteiger partial charge in [0.1, 0.15) is 0 Å². The van der Waals surface area contributed by atoms with Crippen molar-refractivity contribution in [1.29, 1.82) is 0 Å². The molecule has 1 fully saturated rings. The molecule has 0 bridgehead atoms. The molecule has 5 heteroatoms. The molecule has 0 spiro atoms. The van der Waals surface area contributed by atoms with Crippen molar-refractivity contribution in [3.05, 3.63) is 11.7 Å². The van der Waals surface area contributed by atoms with Crippen molar-refractivity contribution in [2.45, 2.75) is 44.6 Å². The van der Waals surface area contributed by atoms with Gasteiger partial charge in [-0.3, -0.25) is 0 Å². The highest BCUT2D eigenvalue weighted by atomic mass is 16.5. The molecular formula is C12H21N3O2. The lowest BCUT2D eigenvalue weighted by atomic mass is 10.00. The summed E-state index contributed by atoms with van der Waals surface area (Å²) >= 11 is 0. The molecule has 1 N–H and O–H groups in total. The van der Waals surface area contributed by atoms with Gasteiger partial charge in [0.2, 0.25) is 5.89 Å². The van der Waals surface area contributed by atoms with Gasteiger partial charge in [-0.15, -0.1) is 0 Å². The number of nitrogens with one attached hydrogen (secondary N) is 1. The molecule has 1 aliphatic heterocycles. The molecule has 1 aliphatic rings. The smallest absolute Gasteiger partial charge is 0.226 e. The molecule has 96 valence electrons. The second-order valence-electron chi connectivity index (χ2n) is 4.66. The molecule has 0 aromatic carbocycles. The largest absolute Gasteiger partial charge is 0.381 e. The van der Waals surface area contributed by atoms with E-state index in [1.54, 1.807) is 0 Å². The lowest BCUT2D eigenvalue weighted by Crippen LogP contribution is -2.21. The number of aromatic nitrogens is 2. The van der Waals surface area contributed by atoms with Crippen LogP contribution in [0.15, 0.2) is 4.52 Å². The minimum atomic E-state index is 0.419. The topological polar surface area (TPSA) is 60.2 Å². The fraction of sp³-hybridized carbons (Fsp3) is 0.833. The van der Waals surface area contributed by atoms with E-state index in [2.05, 4.69) is 22.4 Å². The maximum absolute atomic E-state index is 5.33. The van der Waals surface area contributed by atoms with Crippen LogP contribution in [0.25, 0.3) is 0 Å². The number of nitrogens with zero attached hydrogens (tertiary/aromatic N) is 2. The quantitative estimate of drug-likeness (QED) is 0.844. The van der Waals surface area contributed by atoms with E-state index in [-0.39, 0.29) is 0 Å². The maximum Gasteiger partial charge on any atom is 0.226 e. The van der Waals surface area contributed by atoms with Gasteiger partial charge < -0.3 is 14.6 Å². The minimum Gasteiger partial charge on any atom is -0.381 e. The summed E-state index contributed by atoms with van der Waals surface area (Å²) in [7, 11) is 1.96. The van der Waals surface area contributed by atoms with Crippen LogP contribution < -0.4 is 5.32 Å². The van der Waals surface area contributed by atoms with Crippen molar-refractivity contribution in [3.63, 3.8) is 0 Å². The third-order valence-corrected chi connectivity index (χ3v) is 3.35. The first kappa shape index (κ1) is 12.5. The Morgan fingerprint density at radius 1 is 1.41 bits per heavy atom. The van der Waals surface area contributed by atoms with E-state index in [9.17, 15) is 0 Å². The van der Waals surface area contributed by atoms with Crippen LogP contribution >= 0.6 is 0 Å². The van der Waals surface area contributed by atoms with Crippen LogP contribution in [0.5, 0.6) is 0 Å². The molecule has 0 radical (unpaired) electrons. The monoisotopic (exact) mass is 239 g/mol. The highest BCUT2D eigenvalue weighted by molar-refractivity contribution is 4.96. The first-order valence-corrected chi connectivity index (χ1v) is 6.37. The Morgan fingerprint density at radius 2 is 2.18 bits per heavy atom. The van der Waals surface area contributed by atoms with E-state index in [0.717, 1.165) is 50.6 Å². The van der Waals surface area contributed by atoms with E-state index in [1.807, 2.05) is 7.05 Å². The Labute approximate surface area is 102 Å². The third kappa shape index (κ3) is 3.51. The van der Waals surface area contributed by atoms with E-state index in [1.165, 1.54) is 0 Å². The Balaban J connectivity index is 1.86. The molecule has 2 rings (SSSR count). The van der Waals surface area contributed by atoms with E-state index < -0.39 is 0 Å². The van der Waals surface area contributed by atoms with Gasteiger partial charge >= 0.3 is 0 Å². The molecule has 1 aromatic rings. The van der Waals surface area contributed by atoms with Gasteiger partial charge in [0, 0.05) is 31.6 Å². The van der Waals surface area contributed by atoms with Gasteiger partial charge in [0.05, 0.1) is 0 Å². The van der Waals surface area contributed by atoms with Gasteiger partial charge in [-0.25, -0.2) is 0 Å². The zero-order chi connectivity index (χ0) is 12.1. The highest BCUT2D eigenvalue weighted by Crippen LogP contribution is 2.24. The first-order valence-electron chi connectivity index (χ1n) is 6.37. The van der Waals surface area contributed by atoms with Crippen LogP contribution in [0.2, 0.25) is 0 Å². The second-order valence-corrected chi connectivity index (χ2v) is 4.66. The number of hydrogen-bond acceptors (Lipinski definition) is 5. The molecule has 17 heavy (non-hydrogen) atoms. The average Bonchev–Trinajstić information content (AvgIpc) is 2.86. The Bertz CT molecular complexity index is 334. The molecule has 0 amide bonds. The zero-order valence-corrected chi connectivity index (χ0v) is 10.6. The number of rotatable bonds is 5. The third-order valence-electron chi connectivity index (χ3n) is 3.35. The van der Waals surface area contributed by atoms with Crippen molar-refractivity contribution in [1.82, 2.24) is 15.5 Å². The molecular weight excluding hydrogens is 218 g/mol. The molecule has 0 aliphatic carbocycles. The molecule has 1 unspecified atom stereocenters. The van der Waals surface area contributed by atoms with Gasteiger partial charge in [-0.05, 0) is 33.2 Å². The lowest BCUT2D eigenvalue weighted by molar-refractivity contribution is 0.0830. The molecule has 2 heterocycles. The van der Waals surface area contributed by atoms with E-state index in [4.69, 9.17) is 9.26 Å². The van der Waals surface area contributed by atoms with Crippen LogP contribution in [-0.4, -0.2) is 36.4 Å². The predicted molar refractivity (Wildman–Crippen MR) is 63.9 cm³/mol. The number of hydrogen-bond donors (Lipinski definition) is 1. The maximum atomic E-state index is 5.33. The first-order chi connectivity index (χ1) is 8.29. The van der Waals surface area contributed by atoms with Gasteiger partial charge in [0.15, 0.2) is 5.82 Å². The van der Waals surface area contributed by atoms with Gasteiger partial charge in [0.25, 0.3) is 0 Å². The van der Waals surface area contributed by atoms with Gasteiger partial charge in [-0.2, -0.15) is 4.98 Å². The van der Waals surface area contributed by atoms with Crippen LogP contribution in [0, 0.1) is 0 Å². The van der Waals surface area contributed by atoms with Crippen molar-refractivity contribution in [2.24, 2.45) is 0 Å². The van der Waals surface area contributed by atoms with Crippen LogP contribution in [0.4, 0.5) is 0 Å². The van der Waals surface area contributed by atoms with Crippen molar-refractivity contribution >= 4 is 0 Å². The average molecular weight is 239 g/mol. The molecule has 0 saturated carbocycles. The fourth-order valence-corrected chi connectivity index (χ4v) is 1.98. The Hall–Kier alpha value is -0.940. The van der Waals surface area contributed by atoms with Crippen LogP contribution in [0.3, 0.4) is 0 Å². The summed E-state index contributed by atoms with van der Waals surface area (Å²) < 4.78 is 10.6. The van der Waals surface area contributed by atoms with E-state index in [0.29, 0.717) is 12.0 Å². The highest BCUT2D eigenvalue weighted by Gasteiger charge is 2.21. The van der Waals surface area contributed by atoms with E-state index >= 15 is 0 Å². The fourth-order valence-electron chi connectivity index (χ4n) is 1.98. The van der Waals surface area contributed by atoms with Gasteiger partial charge in [-0.1, -0.05) is 5.16 Å². The predicted octanol–water partition coefficient (Wildman–Crippen LogP) is 1.50. The molecule has 5 nitrogen and oxygen atoms in total. The Kier molecular flexibility index (Phi) is 4.50. The minimum absolute atomic E-state index is 0.419. The summed E-state index contributed by atoms with van der Waals surface area (Å²) in [6.45, 7) is 3.77. The molecule has 1 saturated heterocycles.